The lowest BCUT2D eigenvalue weighted by Crippen LogP contribution is -2.23. The lowest BCUT2D eigenvalue weighted by molar-refractivity contribution is 0.520. The molecule has 1 N–H and O–H groups in total. The summed E-state index contributed by atoms with van der Waals surface area (Å²) in [6.45, 7) is 5.18. The maximum Gasteiger partial charge on any atom is 0.147 e. The summed E-state index contributed by atoms with van der Waals surface area (Å²) in [6.07, 6.45) is 4.05. The Morgan fingerprint density at radius 2 is 2.06 bits per heavy atom. The molecule has 1 rings (SSSR count). The van der Waals surface area contributed by atoms with Crippen molar-refractivity contribution in [2.24, 2.45) is 0 Å². The Labute approximate surface area is 115 Å². The Morgan fingerprint density at radius 3 is 2.56 bits per heavy atom. The van der Waals surface area contributed by atoms with Crippen LogP contribution < -0.4 is 5.32 Å². The molecule has 0 saturated heterocycles. The summed E-state index contributed by atoms with van der Waals surface area (Å²) < 4.78 is 22.6. The average molecular weight is 289 g/mol. The molecule has 0 bridgehead atoms. The predicted octanol–water partition coefficient (Wildman–Crippen LogP) is 2.79. The molecule has 1 aromatic rings. The molecule has 0 radical (unpaired) electrons. The number of sulfone groups is 1. The molecule has 0 aliphatic carbocycles. The van der Waals surface area contributed by atoms with E-state index in [1.54, 1.807) is 11.3 Å². The highest BCUT2D eigenvalue weighted by Gasteiger charge is 2.15. The third-order valence-corrected chi connectivity index (χ3v) is 5.11. The first kappa shape index (κ1) is 15.7. The first-order chi connectivity index (χ1) is 8.46. The van der Waals surface area contributed by atoms with Gasteiger partial charge in [-0.25, -0.2) is 8.42 Å². The Bertz CT molecular complexity index is 451. The van der Waals surface area contributed by atoms with E-state index in [4.69, 9.17) is 0 Å². The van der Waals surface area contributed by atoms with Crippen LogP contribution in [0.1, 0.15) is 42.5 Å². The van der Waals surface area contributed by atoms with Crippen molar-refractivity contribution in [3.63, 3.8) is 0 Å². The fourth-order valence-electron chi connectivity index (χ4n) is 1.77. The summed E-state index contributed by atoms with van der Waals surface area (Å²) in [7, 11) is -2.89. The molecule has 3 nitrogen and oxygen atoms in total. The topological polar surface area (TPSA) is 46.2 Å². The second kappa shape index (κ2) is 7.26. The summed E-state index contributed by atoms with van der Waals surface area (Å²) >= 11 is 1.78. The van der Waals surface area contributed by atoms with Crippen LogP contribution in [0.3, 0.4) is 0 Å². The molecule has 1 heterocycles. The second-order valence-corrected chi connectivity index (χ2v) is 8.04. The van der Waals surface area contributed by atoms with Gasteiger partial charge in [0.15, 0.2) is 0 Å². The van der Waals surface area contributed by atoms with E-state index in [2.05, 4.69) is 31.3 Å². The summed E-state index contributed by atoms with van der Waals surface area (Å²) in [6, 6.07) is 4.44. The van der Waals surface area contributed by atoms with Gasteiger partial charge in [0.25, 0.3) is 0 Å². The Morgan fingerprint density at radius 1 is 1.33 bits per heavy atom. The number of hydrogen-bond acceptors (Lipinski definition) is 4. The number of nitrogens with one attached hydrogen (secondary N) is 1. The van der Waals surface area contributed by atoms with E-state index in [1.165, 1.54) is 16.0 Å². The van der Waals surface area contributed by atoms with Crippen molar-refractivity contribution in [2.45, 2.75) is 39.2 Å². The van der Waals surface area contributed by atoms with E-state index in [9.17, 15) is 8.42 Å². The van der Waals surface area contributed by atoms with Crippen molar-refractivity contribution in [3.8, 4) is 0 Å². The van der Waals surface area contributed by atoms with Gasteiger partial charge in [-0.1, -0.05) is 13.8 Å². The monoisotopic (exact) mass is 289 g/mol. The molecule has 5 heteroatoms. The molecule has 0 fully saturated rings. The van der Waals surface area contributed by atoms with E-state index in [0.717, 1.165) is 19.4 Å². The van der Waals surface area contributed by atoms with Gasteiger partial charge in [-0.05, 0) is 37.9 Å². The standard InChI is InChI=1S/C13H23NO2S2/c1-4-9-14-12(8-10-18(3,15)16)13-7-6-11(5-2)17-13/h6-7,12,14H,4-5,8-10H2,1-3H3. The van der Waals surface area contributed by atoms with Crippen molar-refractivity contribution < 1.29 is 8.42 Å². The van der Waals surface area contributed by atoms with Gasteiger partial charge in [0.05, 0.1) is 5.75 Å². The van der Waals surface area contributed by atoms with Crippen LogP contribution >= 0.6 is 11.3 Å². The SMILES string of the molecule is CCCNC(CCS(C)(=O)=O)c1ccc(CC)s1. The van der Waals surface area contributed by atoms with Gasteiger partial charge in [-0.2, -0.15) is 0 Å². The van der Waals surface area contributed by atoms with Crippen LogP contribution in [-0.4, -0.2) is 27.0 Å². The molecule has 0 aliphatic rings. The van der Waals surface area contributed by atoms with Gasteiger partial charge in [-0.3, -0.25) is 0 Å². The number of rotatable bonds is 8. The van der Waals surface area contributed by atoms with Gasteiger partial charge >= 0.3 is 0 Å². The van der Waals surface area contributed by atoms with Crippen LogP contribution in [0, 0.1) is 0 Å². The Kier molecular flexibility index (Phi) is 6.32. The van der Waals surface area contributed by atoms with Crippen molar-refractivity contribution in [2.75, 3.05) is 18.6 Å². The fourth-order valence-corrected chi connectivity index (χ4v) is 3.49. The fraction of sp³-hybridized carbons (Fsp3) is 0.692. The maximum absolute atomic E-state index is 11.3. The molecule has 1 aromatic heterocycles. The third-order valence-electron chi connectivity index (χ3n) is 2.79. The highest BCUT2D eigenvalue weighted by atomic mass is 32.2. The van der Waals surface area contributed by atoms with Crippen LogP contribution in [0.15, 0.2) is 12.1 Å². The van der Waals surface area contributed by atoms with Crippen molar-refractivity contribution in [1.82, 2.24) is 5.32 Å². The van der Waals surface area contributed by atoms with Crippen molar-refractivity contribution in [1.29, 1.82) is 0 Å². The van der Waals surface area contributed by atoms with Gasteiger partial charge < -0.3 is 5.32 Å². The minimum atomic E-state index is -2.89. The zero-order valence-electron chi connectivity index (χ0n) is 11.4. The van der Waals surface area contributed by atoms with Gasteiger partial charge in [0.2, 0.25) is 0 Å². The molecule has 1 unspecified atom stereocenters. The van der Waals surface area contributed by atoms with E-state index < -0.39 is 9.84 Å². The second-order valence-electron chi connectivity index (χ2n) is 4.58. The normalized spacial score (nSPS) is 13.7. The lowest BCUT2D eigenvalue weighted by Gasteiger charge is -2.16. The number of hydrogen-bond donors (Lipinski definition) is 1. The van der Waals surface area contributed by atoms with Crippen LogP contribution in [0.4, 0.5) is 0 Å². The minimum Gasteiger partial charge on any atom is -0.309 e. The lowest BCUT2D eigenvalue weighted by atomic mass is 10.2. The van der Waals surface area contributed by atoms with Crippen LogP contribution in [0.25, 0.3) is 0 Å². The molecule has 18 heavy (non-hydrogen) atoms. The summed E-state index contributed by atoms with van der Waals surface area (Å²) in [5.74, 6) is 0.244. The molecule has 0 aromatic carbocycles. The van der Waals surface area contributed by atoms with Crippen LogP contribution in [0.2, 0.25) is 0 Å². The van der Waals surface area contributed by atoms with Crippen LogP contribution in [0.5, 0.6) is 0 Å². The number of thiophene rings is 1. The zero-order valence-corrected chi connectivity index (χ0v) is 13.0. The van der Waals surface area contributed by atoms with E-state index in [-0.39, 0.29) is 11.8 Å². The van der Waals surface area contributed by atoms with Crippen LogP contribution in [-0.2, 0) is 16.3 Å². The average Bonchev–Trinajstić information content (AvgIpc) is 2.76. The summed E-state index contributed by atoms with van der Waals surface area (Å²) in [5.41, 5.74) is 0. The smallest absolute Gasteiger partial charge is 0.147 e. The highest BCUT2D eigenvalue weighted by molar-refractivity contribution is 7.90. The highest BCUT2D eigenvalue weighted by Crippen LogP contribution is 2.26. The van der Waals surface area contributed by atoms with Gasteiger partial charge in [0, 0.05) is 22.1 Å². The quantitative estimate of drug-likeness (QED) is 0.800. The van der Waals surface area contributed by atoms with Gasteiger partial charge in [0.1, 0.15) is 9.84 Å². The maximum atomic E-state index is 11.3. The van der Waals surface area contributed by atoms with E-state index in [0.29, 0.717) is 6.42 Å². The van der Waals surface area contributed by atoms with Crippen molar-refractivity contribution in [3.05, 3.63) is 21.9 Å². The number of aryl methyl sites for hydroxylation is 1. The molecule has 1 atom stereocenters. The summed E-state index contributed by atoms with van der Waals surface area (Å²) in [5, 5.41) is 3.44. The molecule has 0 spiro atoms. The molecule has 0 amide bonds. The molecular weight excluding hydrogens is 266 g/mol. The molecule has 0 saturated carbocycles. The molecule has 104 valence electrons. The minimum absolute atomic E-state index is 0.171. The first-order valence-corrected chi connectivity index (χ1v) is 9.33. The van der Waals surface area contributed by atoms with Crippen molar-refractivity contribution >= 4 is 21.2 Å². The largest absolute Gasteiger partial charge is 0.309 e. The predicted molar refractivity (Wildman–Crippen MR) is 79.1 cm³/mol. The Balaban J connectivity index is 2.70. The van der Waals surface area contributed by atoms with Gasteiger partial charge in [-0.15, -0.1) is 11.3 Å². The molecular formula is C13H23NO2S2. The summed E-state index contributed by atoms with van der Waals surface area (Å²) in [4.78, 5) is 2.61. The van der Waals surface area contributed by atoms with E-state index >= 15 is 0 Å². The first-order valence-electron chi connectivity index (χ1n) is 6.46. The zero-order chi connectivity index (χ0) is 13.6. The Hall–Kier alpha value is -0.390. The van der Waals surface area contributed by atoms with E-state index in [1.807, 2.05) is 0 Å². The third kappa shape index (κ3) is 5.50. The molecule has 0 aliphatic heterocycles.